The number of benzene rings is 9. The molecule has 0 atom stereocenters. The molecule has 0 unspecified atom stereocenters. The van der Waals surface area contributed by atoms with E-state index in [9.17, 15) is 0 Å². The zero-order valence-corrected chi connectivity index (χ0v) is 33.4. The predicted octanol–water partition coefficient (Wildman–Crippen LogP) is 15.8. The Bertz CT molecular complexity index is 3460. The van der Waals surface area contributed by atoms with Crippen LogP contribution < -0.4 is 4.90 Å². The number of para-hydroxylation sites is 4. The summed E-state index contributed by atoms with van der Waals surface area (Å²) in [6, 6.07) is 74.9. The van der Waals surface area contributed by atoms with Crippen molar-refractivity contribution in [3.05, 3.63) is 217 Å². The summed E-state index contributed by atoms with van der Waals surface area (Å²) in [5, 5.41) is 4.61. The first kappa shape index (κ1) is 34.4. The van der Waals surface area contributed by atoms with Gasteiger partial charge in [0.15, 0.2) is 5.58 Å². The molecule has 1 aliphatic carbocycles. The number of furan rings is 1. The van der Waals surface area contributed by atoms with Gasteiger partial charge in [-0.1, -0.05) is 159 Å². The van der Waals surface area contributed by atoms with E-state index in [1.54, 1.807) is 0 Å². The highest BCUT2D eigenvalue weighted by molar-refractivity contribution is 6.16. The molecule has 0 aliphatic heterocycles. The van der Waals surface area contributed by atoms with E-state index in [-0.39, 0.29) is 5.41 Å². The maximum absolute atomic E-state index is 7.07. The first-order valence-electron chi connectivity index (χ1n) is 20.8. The van der Waals surface area contributed by atoms with Gasteiger partial charge in [-0.25, -0.2) is 0 Å². The van der Waals surface area contributed by atoms with Crippen molar-refractivity contribution in [2.24, 2.45) is 0 Å². The predicted molar refractivity (Wildman–Crippen MR) is 251 cm³/mol. The van der Waals surface area contributed by atoms with Gasteiger partial charge in [0.2, 0.25) is 0 Å². The zero-order chi connectivity index (χ0) is 40.0. The van der Waals surface area contributed by atoms with Gasteiger partial charge >= 0.3 is 0 Å². The average Bonchev–Trinajstić information content (AvgIpc) is 3.92. The van der Waals surface area contributed by atoms with E-state index in [2.05, 4.69) is 230 Å². The summed E-state index contributed by atoms with van der Waals surface area (Å²) in [4.78, 5) is 2.47. The van der Waals surface area contributed by atoms with Crippen molar-refractivity contribution in [1.82, 2.24) is 4.57 Å². The SMILES string of the molecule is CC1(C)c2ccccc2-c2ccc(N(c3ccccc3-c3ccccc3)c3c(-c4ccc5c(c4)c4ccccc4n5-c4ccccc4)ccc4c3oc3ccccc34)cc21. The Labute approximate surface area is 349 Å². The lowest BCUT2D eigenvalue weighted by molar-refractivity contribution is 0.660. The molecular weight excluding hydrogens is 729 g/mol. The first-order chi connectivity index (χ1) is 29.5. The number of hydrogen-bond donors (Lipinski definition) is 0. The molecule has 0 spiro atoms. The fourth-order valence-electron chi connectivity index (χ4n) is 9.98. The summed E-state index contributed by atoms with van der Waals surface area (Å²) in [6.45, 7) is 4.71. The molecule has 9 aromatic carbocycles. The lowest BCUT2D eigenvalue weighted by atomic mass is 9.82. The van der Waals surface area contributed by atoms with Gasteiger partial charge in [-0.15, -0.1) is 0 Å². The fourth-order valence-corrected chi connectivity index (χ4v) is 9.98. The molecule has 0 fully saturated rings. The Morgan fingerprint density at radius 3 is 1.93 bits per heavy atom. The van der Waals surface area contributed by atoms with Crippen molar-refractivity contribution in [1.29, 1.82) is 0 Å². The maximum Gasteiger partial charge on any atom is 0.160 e. The number of hydrogen-bond acceptors (Lipinski definition) is 2. The molecule has 0 saturated heterocycles. The Morgan fingerprint density at radius 2 is 1.08 bits per heavy atom. The standard InChI is InChI=1S/C57H40N2O/c1-57(2)49-25-13-9-22-43(49)44-31-30-40(36-50(44)57)59(51-26-14-10-21-41(51)37-17-5-3-6-18-37)55-42(32-33-47-46-24-12-16-28-54(46)60-56(47)55)38-29-34-53-48(35-38)45-23-11-15-27-52(45)58(53)39-19-7-4-8-20-39/h3-36H,1-2H3. The molecule has 0 N–H and O–H groups in total. The molecule has 0 saturated carbocycles. The molecule has 0 radical (unpaired) electrons. The fraction of sp³-hybridized carbons (Fsp3) is 0.0526. The Balaban J connectivity index is 1.18. The third-order valence-corrected chi connectivity index (χ3v) is 12.8. The zero-order valence-electron chi connectivity index (χ0n) is 33.4. The second kappa shape index (κ2) is 13.2. The molecule has 3 nitrogen and oxygen atoms in total. The van der Waals surface area contributed by atoms with E-state index in [1.807, 2.05) is 0 Å². The van der Waals surface area contributed by atoms with Crippen molar-refractivity contribution in [2.75, 3.05) is 4.90 Å². The number of fused-ring (bicyclic) bond motifs is 9. The van der Waals surface area contributed by atoms with Crippen molar-refractivity contribution in [3.8, 4) is 39.1 Å². The highest BCUT2D eigenvalue weighted by Gasteiger charge is 2.36. The Morgan fingerprint density at radius 1 is 0.433 bits per heavy atom. The van der Waals surface area contributed by atoms with Crippen molar-refractivity contribution in [3.63, 3.8) is 0 Å². The quantitative estimate of drug-likeness (QED) is 0.168. The highest BCUT2D eigenvalue weighted by atomic mass is 16.3. The van der Waals surface area contributed by atoms with Gasteiger partial charge in [0, 0.05) is 49.5 Å². The van der Waals surface area contributed by atoms with Crippen LogP contribution in [0.2, 0.25) is 0 Å². The minimum absolute atomic E-state index is 0.182. The van der Waals surface area contributed by atoms with E-state index < -0.39 is 0 Å². The molecule has 0 amide bonds. The summed E-state index contributed by atoms with van der Waals surface area (Å²) >= 11 is 0. The Hall–Kier alpha value is -7.62. The van der Waals surface area contributed by atoms with E-state index in [1.165, 1.54) is 44.1 Å². The summed E-state index contributed by atoms with van der Waals surface area (Å²) in [5.74, 6) is 0. The van der Waals surface area contributed by atoms with Crippen LogP contribution in [0.25, 0.3) is 82.8 Å². The van der Waals surface area contributed by atoms with E-state index >= 15 is 0 Å². The molecule has 2 heterocycles. The molecule has 11 aromatic rings. The largest absolute Gasteiger partial charge is 0.454 e. The number of anilines is 3. The third kappa shape index (κ3) is 5.09. The molecule has 284 valence electrons. The number of rotatable bonds is 6. The second-order valence-electron chi connectivity index (χ2n) is 16.5. The van der Waals surface area contributed by atoms with Crippen LogP contribution in [0.4, 0.5) is 17.1 Å². The van der Waals surface area contributed by atoms with E-state index in [4.69, 9.17) is 4.42 Å². The smallest absolute Gasteiger partial charge is 0.160 e. The van der Waals surface area contributed by atoms with Crippen LogP contribution in [-0.4, -0.2) is 4.57 Å². The Kier molecular flexibility index (Phi) is 7.58. The van der Waals surface area contributed by atoms with Crippen LogP contribution >= 0.6 is 0 Å². The summed E-state index contributed by atoms with van der Waals surface area (Å²) in [5.41, 5.74) is 18.0. The van der Waals surface area contributed by atoms with Crippen LogP contribution in [0.3, 0.4) is 0 Å². The van der Waals surface area contributed by atoms with Gasteiger partial charge in [-0.05, 0) is 94.0 Å². The maximum atomic E-state index is 7.07. The molecular formula is C57H40N2O. The molecule has 1 aliphatic rings. The minimum atomic E-state index is -0.182. The molecule has 0 bridgehead atoms. The van der Waals surface area contributed by atoms with Crippen LogP contribution in [0.15, 0.2) is 211 Å². The monoisotopic (exact) mass is 768 g/mol. The summed E-state index contributed by atoms with van der Waals surface area (Å²) < 4.78 is 9.45. The average molecular weight is 769 g/mol. The number of nitrogens with zero attached hydrogens (tertiary/aromatic N) is 2. The van der Waals surface area contributed by atoms with Crippen molar-refractivity contribution in [2.45, 2.75) is 19.3 Å². The first-order valence-corrected chi connectivity index (χ1v) is 20.8. The van der Waals surface area contributed by atoms with E-state index in [0.717, 1.165) is 66.9 Å². The van der Waals surface area contributed by atoms with Crippen LogP contribution in [0, 0.1) is 0 Å². The summed E-state index contributed by atoms with van der Waals surface area (Å²) in [7, 11) is 0. The third-order valence-electron chi connectivity index (χ3n) is 12.8. The van der Waals surface area contributed by atoms with Crippen molar-refractivity contribution >= 4 is 60.8 Å². The molecule has 3 heteroatoms. The van der Waals surface area contributed by atoms with Crippen molar-refractivity contribution < 1.29 is 4.42 Å². The molecule has 12 rings (SSSR count). The van der Waals surface area contributed by atoms with Gasteiger partial charge < -0.3 is 13.9 Å². The lowest BCUT2D eigenvalue weighted by Gasteiger charge is -2.31. The van der Waals surface area contributed by atoms with Gasteiger partial charge in [0.1, 0.15) is 5.58 Å². The van der Waals surface area contributed by atoms with Gasteiger partial charge in [0.05, 0.1) is 22.4 Å². The topological polar surface area (TPSA) is 21.3 Å². The minimum Gasteiger partial charge on any atom is -0.454 e. The number of aromatic nitrogens is 1. The summed E-state index contributed by atoms with van der Waals surface area (Å²) in [6.07, 6.45) is 0. The van der Waals surface area contributed by atoms with Gasteiger partial charge in [-0.3, -0.25) is 0 Å². The lowest BCUT2D eigenvalue weighted by Crippen LogP contribution is -2.17. The normalized spacial score (nSPS) is 13.0. The van der Waals surface area contributed by atoms with E-state index in [0.29, 0.717) is 0 Å². The van der Waals surface area contributed by atoms with Crippen LogP contribution in [0.5, 0.6) is 0 Å². The van der Waals surface area contributed by atoms with Crippen LogP contribution in [0.1, 0.15) is 25.0 Å². The van der Waals surface area contributed by atoms with Crippen LogP contribution in [-0.2, 0) is 5.41 Å². The second-order valence-corrected chi connectivity index (χ2v) is 16.5. The highest BCUT2D eigenvalue weighted by Crippen LogP contribution is 2.54. The van der Waals surface area contributed by atoms with Gasteiger partial charge in [0.25, 0.3) is 0 Å². The molecule has 60 heavy (non-hydrogen) atoms. The molecule has 2 aromatic heterocycles. The van der Waals surface area contributed by atoms with Gasteiger partial charge in [-0.2, -0.15) is 0 Å².